The molecule has 0 bridgehead atoms. The molecule has 1 aromatic heterocycles. The molecule has 1 saturated carbocycles. The van der Waals surface area contributed by atoms with Gasteiger partial charge < -0.3 is 10.4 Å². The summed E-state index contributed by atoms with van der Waals surface area (Å²) in [6, 6.07) is 0.386. The maximum atomic E-state index is 9.84. The smallest absolute Gasteiger partial charge is 0.0559 e. The van der Waals surface area contributed by atoms with Crippen LogP contribution in [-0.4, -0.2) is 17.3 Å². The van der Waals surface area contributed by atoms with Crippen LogP contribution in [0.15, 0.2) is 6.58 Å². The fraction of sp³-hybridized carbons (Fsp3) is 0.667. The first-order valence-electron chi connectivity index (χ1n) is 8.29. The molecular weight excluding hydrogens is 278 g/mol. The number of hydrogen-bond donors (Lipinski definition) is 2. The molecule has 116 valence electrons. The van der Waals surface area contributed by atoms with Crippen LogP contribution in [0.2, 0.25) is 0 Å². The van der Waals surface area contributed by atoms with Gasteiger partial charge in [-0.15, -0.1) is 11.3 Å². The number of nitrogens with one attached hydrogen (secondary N) is 1. The molecule has 2 nitrogen and oxygen atoms in total. The van der Waals surface area contributed by atoms with Crippen LogP contribution in [0.1, 0.15) is 59.9 Å². The minimum atomic E-state index is -0.137. The van der Waals surface area contributed by atoms with Crippen LogP contribution in [-0.2, 0) is 12.8 Å². The first kappa shape index (κ1) is 15.1. The van der Waals surface area contributed by atoms with E-state index in [1.807, 2.05) is 11.3 Å². The Morgan fingerprint density at radius 3 is 2.90 bits per heavy atom. The van der Waals surface area contributed by atoms with Crippen LogP contribution in [0.25, 0.3) is 5.70 Å². The highest BCUT2D eigenvalue weighted by atomic mass is 32.1. The molecule has 0 aromatic carbocycles. The maximum absolute atomic E-state index is 9.84. The summed E-state index contributed by atoms with van der Waals surface area (Å²) in [5.74, 6) is 0.787. The van der Waals surface area contributed by atoms with Gasteiger partial charge in [0.05, 0.1) is 6.10 Å². The lowest BCUT2D eigenvalue weighted by Gasteiger charge is -2.29. The van der Waals surface area contributed by atoms with Gasteiger partial charge in [-0.05, 0) is 63.4 Å². The number of thiophene rings is 1. The van der Waals surface area contributed by atoms with Gasteiger partial charge in [0.25, 0.3) is 0 Å². The van der Waals surface area contributed by atoms with E-state index in [1.54, 1.807) is 10.4 Å². The topological polar surface area (TPSA) is 32.3 Å². The Kier molecular flexibility index (Phi) is 4.41. The molecule has 2 N–H and O–H groups in total. The van der Waals surface area contributed by atoms with Crippen molar-refractivity contribution in [3.8, 4) is 0 Å². The Bertz CT molecular complexity index is 534. The monoisotopic (exact) mass is 305 g/mol. The molecule has 3 unspecified atom stereocenters. The van der Waals surface area contributed by atoms with E-state index in [4.69, 9.17) is 0 Å². The summed E-state index contributed by atoms with van der Waals surface area (Å²) in [6.07, 6.45) is 7.70. The molecule has 0 saturated heterocycles. The zero-order valence-electron chi connectivity index (χ0n) is 13.2. The Labute approximate surface area is 132 Å². The average Bonchev–Trinajstić information content (AvgIpc) is 2.74. The van der Waals surface area contributed by atoms with E-state index in [-0.39, 0.29) is 6.10 Å². The lowest BCUT2D eigenvalue weighted by Crippen LogP contribution is -2.35. The summed E-state index contributed by atoms with van der Waals surface area (Å²) in [5.41, 5.74) is 4.00. The van der Waals surface area contributed by atoms with E-state index in [0.717, 1.165) is 37.3 Å². The van der Waals surface area contributed by atoms with Gasteiger partial charge in [-0.25, -0.2) is 0 Å². The predicted octanol–water partition coefficient (Wildman–Crippen LogP) is 4.05. The summed E-state index contributed by atoms with van der Waals surface area (Å²) < 4.78 is 0. The molecule has 1 fully saturated rings. The van der Waals surface area contributed by atoms with Crippen LogP contribution in [0.5, 0.6) is 0 Å². The third kappa shape index (κ3) is 3.19. The summed E-state index contributed by atoms with van der Waals surface area (Å²) in [6.45, 7) is 8.91. The first-order valence-corrected chi connectivity index (χ1v) is 9.11. The first-order chi connectivity index (χ1) is 10.0. The summed E-state index contributed by atoms with van der Waals surface area (Å²) in [4.78, 5) is 2.98. The van der Waals surface area contributed by atoms with Crippen molar-refractivity contribution in [2.24, 2.45) is 5.92 Å². The second-order valence-electron chi connectivity index (χ2n) is 6.92. The molecule has 3 rings (SSSR count). The van der Waals surface area contributed by atoms with Crippen molar-refractivity contribution in [1.82, 2.24) is 5.32 Å². The molecule has 1 aromatic rings. The highest BCUT2D eigenvalue weighted by Gasteiger charge is 2.26. The van der Waals surface area contributed by atoms with Gasteiger partial charge in [0, 0.05) is 27.1 Å². The van der Waals surface area contributed by atoms with Crippen molar-refractivity contribution in [3.05, 3.63) is 27.5 Å². The van der Waals surface area contributed by atoms with Crippen LogP contribution >= 0.6 is 11.3 Å². The molecule has 21 heavy (non-hydrogen) atoms. The second-order valence-corrected chi connectivity index (χ2v) is 8.23. The van der Waals surface area contributed by atoms with E-state index in [1.165, 1.54) is 29.7 Å². The van der Waals surface area contributed by atoms with E-state index in [0.29, 0.717) is 6.04 Å². The number of aliphatic hydroxyl groups is 1. The number of aryl methyl sites for hydroxylation is 2. The van der Waals surface area contributed by atoms with Crippen molar-refractivity contribution in [2.75, 3.05) is 0 Å². The van der Waals surface area contributed by atoms with Gasteiger partial charge in [0.2, 0.25) is 0 Å². The van der Waals surface area contributed by atoms with Gasteiger partial charge in [0.1, 0.15) is 0 Å². The van der Waals surface area contributed by atoms with Crippen LogP contribution in [0.3, 0.4) is 0 Å². The van der Waals surface area contributed by atoms with Crippen molar-refractivity contribution < 1.29 is 5.11 Å². The lowest BCUT2D eigenvalue weighted by molar-refractivity contribution is 0.116. The molecule has 1 heterocycles. The van der Waals surface area contributed by atoms with E-state index in [9.17, 15) is 5.11 Å². The molecule has 0 spiro atoms. The molecule has 2 aliphatic rings. The second kappa shape index (κ2) is 6.13. The fourth-order valence-electron chi connectivity index (χ4n) is 3.90. The number of fused-ring (bicyclic) bond motifs is 1. The van der Waals surface area contributed by atoms with E-state index >= 15 is 0 Å². The largest absolute Gasteiger partial charge is 0.393 e. The average molecular weight is 305 g/mol. The maximum Gasteiger partial charge on any atom is 0.0559 e. The Balaban J connectivity index is 1.77. The Hall–Kier alpha value is -0.800. The predicted molar refractivity (Wildman–Crippen MR) is 90.7 cm³/mol. The van der Waals surface area contributed by atoms with Gasteiger partial charge in [-0.2, -0.15) is 0 Å². The number of aliphatic hydroxyl groups excluding tert-OH is 1. The third-order valence-electron chi connectivity index (χ3n) is 5.01. The standard InChI is InChI=1S/C18H27NOS/c1-11-7-8-17-16(9-11)18(13(3)21-17)12(2)19-14-5-4-6-15(20)10-14/h11,14-15,19-20H,2,4-10H2,1,3H3. The lowest BCUT2D eigenvalue weighted by atomic mass is 9.86. The number of rotatable bonds is 3. The summed E-state index contributed by atoms with van der Waals surface area (Å²) in [5, 5.41) is 13.4. The summed E-state index contributed by atoms with van der Waals surface area (Å²) in [7, 11) is 0. The minimum absolute atomic E-state index is 0.137. The highest BCUT2D eigenvalue weighted by Crippen LogP contribution is 2.38. The number of hydrogen-bond acceptors (Lipinski definition) is 3. The van der Waals surface area contributed by atoms with Crippen LogP contribution < -0.4 is 5.32 Å². The van der Waals surface area contributed by atoms with Crippen LogP contribution in [0, 0.1) is 12.8 Å². The zero-order valence-corrected chi connectivity index (χ0v) is 14.1. The van der Waals surface area contributed by atoms with Gasteiger partial charge in [-0.3, -0.25) is 0 Å². The molecular formula is C18H27NOS. The zero-order chi connectivity index (χ0) is 15.0. The van der Waals surface area contributed by atoms with Crippen molar-refractivity contribution in [1.29, 1.82) is 0 Å². The molecule has 0 aliphatic heterocycles. The highest BCUT2D eigenvalue weighted by molar-refractivity contribution is 7.12. The normalized spacial score (nSPS) is 29.0. The quantitative estimate of drug-likeness (QED) is 0.883. The van der Waals surface area contributed by atoms with Crippen molar-refractivity contribution in [3.63, 3.8) is 0 Å². The summed E-state index contributed by atoms with van der Waals surface area (Å²) >= 11 is 1.96. The fourth-order valence-corrected chi connectivity index (χ4v) is 5.15. The molecule has 3 heteroatoms. The SMILES string of the molecule is C=C(NC1CCCC(O)C1)c1c(C)sc2c1CC(C)CC2. The molecule has 3 atom stereocenters. The van der Waals surface area contributed by atoms with Crippen molar-refractivity contribution >= 4 is 17.0 Å². The molecule has 2 aliphatic carbocycles. The molecule has 0 amide bonds. The Morgan fingerprint density at radius 2 is 2.14 bits per heavy atom. The van der Waals surface area contributed by atoms with Crippen molar-refractivity contribution in [2.45, 2.75) is 70.9 Å². The Morgan fingerprint density at radius 1 is 1.33 bits per heavy atom. The van der Waals surface area contributed by atoms with Gasteiger partial charge >= 0.3 is 0 Å². The van der Waals surface area contributed by atoms with Gasteiger partial charge in [0.15, 0.2) is 0 Å². The molecule has 0 radical (unpaired) electrons. The van der Waals surface area contributed by atoms with E-state index in [2.05, 4.69) is 25.7 Å². The third-order valence-corrected chi connectivity index (χ3v) is 6.22. The van der Waals surface area contributed by atoms with E-state index < -0.39 is 0 Å². The van der Waals surface area contributed by atoms with Crippen LogP contribution in [0.4, 0.5) is 0 Å². The minimum Gasteiger partial charge on any atom is -0.393 e. The van der Waals surface area contributed by atoms with Gasteiger partial charge in [-0.1, -0.05) is 13.5 Å².